The normalized spacial score (nSPS) is 18.5. The van der Waals surface area contributed by atoms with E-state index < -0.39 is 0 Å². The Kier molecular flexibility index (Phi) is 2.91. The average Bonchev–Trinajstić information content (AvgIpc) is 2.18. The summed E-state index contributed by atoms with van der Waals surface area (Å²) < 4.78 is -0.0998. The third-order valence-corrected chi connectivity index (χ3v) is 3.45. The summed E-state index contributed by atoms with van der Waals surface area (Å²) in [5, 5.41) is 10.4. The quantitative estimate of drug-likeness (QED) is 0.803. The number of hydrogen-bond donors (Lipinski definition) is 2. The summed E-state index contributed by atoms with van der Waals surface area (Å²) in [5.74, 6) is 0.237. The minimum Gasteiger partial charge on any atom is -0.507 e. The van der Waals surface area contributed by atoms with Crippen molar-refractivity contribution >= 4 is 22.6 Å². The van der Waals surface area contributed by atoms with Gasteiger partial charge in [-0.15, -0.1) is 0 Å². The number of phenols is 1. The van der Waals surface area contributed by atoms with Crippen LogP contribution in [0.15, 0.2) is 29.3 Å². The minimum absolute atomic E-state index is 0.0998. The van der Waals surface area contributed by atoms with Gasteiger partial charge in [0.2, 0.25) is 0 Å². The molecule has 0 atom stereocenters. The molecule has 0 spiro atoms. The van der Waals surface area contributed by atoms with Crippen molar-refractivity contribution in [1.29, 1.82) is 0 Å². The van der Waals surface area contributed by atoms with E-state index in [-0.39, 0.29) is 10.5 Å². The molecule has 0 saturated carbocycles. The molecule has 0 bridgehead atoms. The van der Waals surface area contributed by atoms with Gasteiger partial charge in [-0.2, -0.15) is 0 Å². The SMILES string of the molecule is Cc1ccc(O)c(C2=CC(C)(C)SC(N)=N2)c1. The number of nitrogens with zero attached hydrogens (tertiary/aromatic N) is 1. The van der Waals surface area contributed by atoms with Crippen LogP contribution in [0, 0.1) is 6.92 Å². The number of benzene rings is 1. The molecule has 1 aliphatic rings. The minimum atomic E-state index is -0.0998. The first-order valence-electron chi connectivity index (χ1n) is 5.43. The first-order valence-corrected chi connectivity index (χ1v) is 6.25. The van der Waals surface area contributed by atoms with Crippen LogP contribution in [0.4, 0.5) is 0 Å². The van der Waals surface area contributed by atoms with Gasteiger partial charge in [-0.25, -0.2) is 4.99 Å². The predicted molar refractivity (Wildman–Crippen MR) is 74.1 cm³/mol. The zero-order chi connectivity index (χ0) is 12.6. The molecule has 0 radical (unpaired) electrons. The van der Waals surface area contributed by atoms with Crippen LogP contribution >= 0.6 is 11.8 Å². The lowest BCUT2D eigenvalue weighted by Gasteiger charge is -2.24. The molecule has 0 amide bonds. The van der Waals surface area contributed by atoms with E-state index in [1.54, 1.807) is 6.07 Å². The zero-order valence-corrected chi connectivity index (χ0v) is 11.0. The number of rotatable bonds is 1. The third kappa shape index (κ3) is 2.64. The van der Waals surface area contributed by atoms with Crippen molar-refractivity contribution < 1.29 is 5.11 Å². The van der Waals surface area contributed by atoms with E-state index in [2.05, 4.69) is 18.8 Å². The van der Waals surface area contributed by atoms with Crippen molar-refractivity contribution in [3.63, 3.8) is 0 Å². The van der Waals surface area contributed by atoms with Crippen LogP contribution < -0.4 is 5.73 Å². The predicted octanol–water partition coefficient (Wildman–Crippen LogP) is 2.88. The van der Waals surface area contributed by atoms with Gasteiger partial charge in [0, 0.05) is 10.3 Å². The molecule has 17 heavy (non-hydrogen) atoms. The summed E-state index contributed by atoms with van der Waals surface area (Å²) >= 11 is 1.52. The zero-order valence-electron chi connectivity index (χ0n) is 10.2. The van der Waals surface area contributed by atoms with E-state index >= 15 is 0 Å². The lowest BCUT2D eigenvalue weighted by atomic mass is 10.0. The summed E-state index contributed by atoms with van der Waals surface area (Å²) in [7, 11) is 0. The van der Waals surface area contributed by atoms with Crippen molar-refractivity contribution in [2.45, 2.75) is 25.5 Å². The van der Waals surface area contributed by atoms with E-state index in [0.717, 1.165) is 16.8 Å². The van der Waals surface area contributed by atoms with Crippen molar-refractivity contribution in [3.05, 3.63) is 35.4 Å². The summed E-state index contributed by atoms with van der Waals surface area (Å²) in [5.41, 5.74) is 8.38. The number of thioether (sulfide) groups is 1. The van der Waals surface area contributed by atoms with E-state index in [9.17, 15) is 5.11 Å². The highest BCUT2D eigenvalue weighted by Gasteiger charge is 2.24. The fourth-order valence-electron chi connectivity index (χ4n) is 1.80. The van der Waals surface area contributed by atoms with Crippen molar-refractivity contribution in [2.24, 2.45) is 10.7 Å². The lowest BCUT2D eigenvalue weighted by Crippen LogP contribution is -2.23. The third-order valence-electron chi connectivity index (χ3n) is 2.51. The van der Waals surface area contributed by atoms with Crippen LogP contribution in [-0.4, -0.2) is 15.0 Å². The van der Waals surface area contributed by atoms with Crippen LogP contribution in [0.1, 0.15) is 25.0 Å². The highest BCUT2D eigenvalue weighted by atomic mass is 32.2. The monoisotopic (exact) mass is 248 g/mol. The van der Waals surface area contributed by atoms with Gasteiger partial charge in [0.1, 0.15) is 5.75 Å². The molecule has 3 nitrogen and oxygen atoms in total. The van der Waals surface area contributed by atoms with Gasteiger partial charge < -0.3 is 10.8 Å². The van der Waals surface area contributed by atoms with Crippen molar-refractivity contribution in [1.82, 2.24) is 0 Å². The molecule has 0 aromatic heterocycles. The van der Waals surface area contributed by atoms with Gasteiger partial charge >= 0.3 is 0 Å². The Morgan fingerprint density at radius 1 is 1.35 bits per heavy atom. The lowest BCUT2D eigenvalue weighted by molar-refractivity contribution is 0.473. The van der Waals surface area contributed by atoms with Crippen molar-refractivity contribution in [2.75, 3.05) is 0 Å². The van der Waals surface area contributed by atoms with Gasteiger partial charge in [0.25, 0.3) is 0 Å². The number of hydrogen-bond acceptors (Lipinski definition) is 4. The Hall–Kier alpha value is -1.42. The fourth-order valence-corrected chi connectivity index (χ4v) is 2.65. The summed E-state index contributed by atoms with van der Waals surface area (Å²) in [6, 6.07) is 5.48. The largest absolute Gasteiger partial charge is 0.507 e. The molecule has 1 heterocycles. The molecule has 1 aliphatic heterocycles. The molecule has 4 heteroatoms. The van der Waals surface area contributed by atoms with Gasteiger partial charge in [-0.05, 0) is 39.0 Å². The maximum atomic E-state index is 9.89. The first kappa shape index (κ1) is 12.0. The number of amidine groups is 1. The van der Waals surface area contributed by atoms with E-state index in [0.29, 0.717) is 5.17 Å². The average molecular weight is 248 g/mol. The van der Waals surface area contributed by atoms with Crippen LogP contribution in [0.3, 0.4) is 0 Å². The number of nitrogens with two attached hydrogens (primary N) is 1. The fraction of sp³-hybridized carbons (Fsp3) is 0.308. The maximum absolute atomic E-state index is 9.89. The second kappa shape index (κ2) is 4.11. The number of aliphatic imine (C=N–C) groups is 1. The Labute approximate surface area is 105 Å². The molecule has 2 rings (SSSR count). The Bertz CT molecular complexity index is 518. The number of aromatic hydroxyl groups is 1. The van der Waals surface area contributed by atoms with Gasteiger partial charge in [-0.1, -0.05) is 23.4 Å². The number of phenolic OH excluding ortho intramolecular Hbond substituents is 1. The van der Waals surface area contributed by atoms with Gasteiger partial charge in [0.15, 0.2) is 5.17 Å². The molecule has 0 fully saturated rings. The highest BCUT2D eigenvalue weighted by molar-refractivity contribution is 8.15. The van der Waals surface area contributed by atoms with Crippen LogP contribution in [0.25, 0.3) is 5.70 Å². The van der Waals surface area contributed by atoms with Gasteiger partial charge in [-0.3, -0.25) is 0 Å². The molecule has 3 N–H and O–H groups in total. The molecule has 1 aromatic rings. The highest BCUT2D eigenvalue weighted by Crippen LogP contribution is 2.37. The summed E-state index contributed by atoms with van der Waals surface area (Å²) in [6.45, 7) is 6.14. The standard InChI is InChI=1S/C13H16N2OS/c1-8-4-5-11(16)9(6-8)10-7-13(2,3)17-12(14)15-10/h4-7,16H,1-3H3,(H2,14,15). The van der Waals surface area contributed by atoms with E-state index in [1.807, 2.05) is 25.1 Å². The van der Waals surface area contributed by atoms with Crippen LogP contribution in [-0.2, 0) is 0 Å². The second-order valence-corrected chi connectivity index (χ2v) is 6.38. The van der Waals surface area contributed by atoms with Crippen molar-refractivity contribution in [3.8, 4) is 5.75 Å². The Morgan fingerprint density at radius 2 is 2.06 bits per heavy atom. The maximum Gasteiger partial charge on any atom is 0.160 e. The number of aryl methyl sites for hydroxylation is 1. The molecule has 0 aliphatic carbocycles. The second-order valence-electron chi connectivity index (χ2n) is 4.71. The molecular formula is C13H16N2OS. The molecule has 90 valence electrons. The molecule has 0 saturated heterocycles. The Morgan fingerprint density at radius 3 is 2.71 bits per heavy atom. The molecule has 0 unspecified atom stereocenters. The first-order chi connectivity index (χ1) is 7.87. The smallest absolute Gasteiger partial charge is 0.160 e. The topological polar surface area (TPSA) is 58.6 Å². The summed E-state index contributed by atoms with van der Waals surface area (Å²) in [6.07, 6.45) is 2.03. The molecule has 1 aromatic carbocycles. The molecular weight excluding hydrogens is 232 g/mol. The van der Waals surface area contributed by atoms with E-state index in [1.165, 1.54) is 11.8 Å². The van der Waals surface area contributed by atoms with E-state index in [4.69, 9.17) is 5.73 Å². The summed E-state index contributed by atoms with van der Waals surface area (Å²) in [4.78, 5) is 4.31. The van der Waals surface area contributed by atoms with Crippen LogP contribution in [0.2, 0.25) is 0 Å². The van der Waals surface area contributed by atoms with Gasteiger partial charge in [0.05, 0.1) is 5.70 Å². The Balaban J connectivity index is 2.53. The van der Waals surface area contributed by atoms with Crippen LogP contribution in [0.5, 0.6) is 5.75 Å².